The van der Waals surface area contributed by atoms with E-state index in [1.54, 1.807) is 0 Å². The van der Waals surface area contributed by atoms with Gasteiger partial charge >= 0.3 is 0 Å². The van der Waals surface area contributed by atoms with Gasteiger partial charge in [0.15, 0.2) is 0 Å². The van der Waals surface area contributed by atoms with Crippen molar-refractivity contribution >= 4 is 11.8 Å². The predicted molar refractivity (Wildman–Crippen MR) is 86.8 cm³/mol. The first-order valence-electron chi connectivity index (χ1n) is 8.91. The molecule has 0 spiro atoms. The normalized spacial score (nSPS) is 29.0. The molecule has 2 amide bonds. The van der Waals surface area contributed by atoms with E-state index in [-0.39, 0.29) is 42.6 Å². The first-order valence-corrected chi connectivity index (χ1v) is 8.91. The van der Waals surface area contributed by atoms with Gasteiger partial charge in [0.05, 0.1) is 18.8 Å². The van der Waals surface area contributed by atoms with E-state index in [1.165, 1.54) is 13.3 Å². The third kappa shape index (κ3) is 5.77. The number of carbonyl (C=O) groups is 2. The van der Waals surface area contributed by atoms with Crippen molar-refractivity contribution < 1.29 is 19.4 Å². The first kappa shape index (κ1) is 18.2. The van der Waals surface area contributed by atoms with Crippen LogP contribution in [0, 0.1) is 5.92 Å². The zero-order chi connectivity index (χ0) is 16.7. The second-order valence-corrected chi connectivity index (χ2v) is 6.78. The zero-order valence-corrected chi connectivity index (χ0v) is 14.1. The van der Waals surface area contributed by atoms with E-state index in [1.807, 2.05) is 0 Å². The van der Waals surface area contributed by atoms with Crippen LogP contribution in [-0.4, -0.2) is 48.3 Å². The minimum absolute atomic E-state index is 0.0313. The standard InChI is InChI=1S/C17H30N2O4/c1-12(21)19-15-8-7-14(23-16(15)11-20)9-10-18-17(22)13-5-3-2-4-6-13/h13-16,20H,2-11H2,1H3,(H,18,22)(H,19,21)/t14-,15+,16-/m1/s1. The van der Waals surface area contributed by atoms with E-state index in [9.17, 15) is 14.7 Å². The molecule has 6 nitrogen and oxygen atoms in total. The Morgan fingerprint density at radius 1 is 1.13 bits per heavy atom. The van der Waals surface area contributed by atoms with Crippen LogP contribution >= 0.6 is 0 Å². The summed E-state index contributed by atoms with van der Waals surface area (Å²) >= 11 is 0. The molecule has 0 aromatic heterocycles. The van der Waals surface area contributed by atoms with Gasteiger partial charge in [0.2, 0.25) is 11.8 Å². The lowest BCUT2D eigenvalue weighted by atomic mass is 9.88. The Balaban J connectivity index is 1.68. The summed E-state index contributed by atoms with van der Waals surface area (Å²) < 4.78 is 5.86. The molecule has 6 heteroatoms. The van der Waals surface area contributed by atoms with Gasteiger partial charge in [-0.1, -0.05) is 19.3 Å². The zero-order valence-electron chi connectivity index (χ0n) is 14.1. The van der Waals surface area contributed by atoms with Crippen LogP contribution in [0.1, 0.15) is 58.3 Å². The van der Waals surface area contributed by atoms with Gasteiger partial charge < -0.3 is 20.5 Å². The van der Waals surface area contributed by atoms with Crippen LogP contribution in [-0.2, 0) is 14.3 Å². The average Bonchev–Trinajstić information content (AvgIpc) is 2.56. The lowest BCUT2D eigenvalue weighted by Gasteiger charge is -2.36. The maximum Gasteiger partial charge on any atom is 0.223 e. The lowest BCUT2D eigenvalue weighted by Crippen LogP contribution is -2.50. The van der Waals surface area contributed by atoms with Crippen LogP contribution in [0.25, 0.3) is 0 Å². The molecule has 0 radical (unpaired) electrons. The summed E-state index contributed by atoms with van der Waals surface area (Å²) in [5, 5.41) is 15.3. The molecule has 132 valence electrons. The monoisotopic (exact) mass is 326 g/mol. The Bertz CT molecular complexity index is 396. The number of amides is 2. The number of carbonyl (C=O) groups excluding carboxylic acids is 2. The van der Waals surface area contributed by atoms with Crippen molar-refractivity contribution in [2.75, 3.05) is 13.2 Å². The quantitative estimate of drug-likeness (QED) is 0.682. The van der Waals surface area contributed by atoms with E-state index in [2.05, 4.69) is 10.6 Å². The van der Waals surface area contributed by atoms with E-state index < -0.39 is 0 Å². The molecule has 0 unspecified atom stereocenters. The Morgan fingerprint density at radius 2 is 1.87 bits per heavy atom. The Hall–Kier alpha value is -1.14. The highest BCUT2D eigenvalue weighted by Crippen LogP contribution is 2.24. The molecule has 2 rings (SSSR count). The molecule has 1 aliphatic heterocycles. The number of hydrogen-bond donors (Lipinski definition) is 3. The number of rotatable bonds is 6. The van der Waals surface area contributed by atoms with Crippen LogP contribution in [0.4, 0.5) is 0 Å². The van der Waals surface area contributed by atoms with Crippen molar-refractivity contribution in [1.82, 2.24) is 10.6 Å². The summed E-state index contributed by atoms with van der Waals surface area (Å²) in [4.78, 5) is 23.3. The molecule has 1 saturated heterocycles. The molecule has 3 N–H and O–H groups in total. The second kappa shape index (κ2) is 9.23. The molecule has 2 fully saturated rings. The maximum absolute atomic E-state index is 12.1. The van der Waals surface area contributed by atoms with Gasteiger partial charge in [0.1, 0.15) is 6.10 Å². The molecule has 0 aromatic carbocycles. The highest BCUT2D eigenvalue weighted by Gasteiger charge is 2.31. The number of aliphatic hydroxyl groups is 1. The van der Waals surface area contributed by atoms with Gasteiger partial charge in [0.25, 0.3) is 0 Å². The smallest absolute Gasteiger partial charge is 0.223 e. The number of hydrogen-bond acceptors (Lipinski definition) is 4. The molecule has 2 aliphatic rings. The molecule has 1 heterocycles. The Labute approximate surface area is 138 Å². The fourth-order valence-corrected chi connectivity index (χ4v) is 3.64. The van der Waals surface area contributed by atoms with Gasteiger partial charge in [0, 0.05) is 19.4 Å². The molecule has 0 bridgehead atoms. The predicted octanol–water partition coefficient (Wildman–Crippen LogP) is 1.12. The number of ether oxygens (including phenoxy) is 1. The van der Waals surface area contributed by atoms with E-state index >= 15 is 0 Å². The minimum Gasteiger partial charge on any atom is -0.394 e. The third-order valence-corrected chi connectivity index (χ3v) is 4.93. The fraction of sp³-hybridized carbons (Fsp3) is 0.882. The molecule has 3 atom stereocenters. The van der Waals surface area contributed by atoms with Crippen molar-refractivity contribution in [3.63, 3.8) is 0 Å². The van der Waals surface area contributed by atoms with Crippen molar-refractivity contribution in [2.45, 2.75) is 76.5 Å². The summed E-state index contributed by atoms with van der Waals surface area (Å²) in [6, 6.07) is -0.120. The first-order chi connectivity index (χ1) is 11.1. The van der Waals surface area contributed by atoms with Crippen molar-refractivity contribution in [1.29, 1.82) is 0 Å². The summed E-state index contributed by atoms with van der Waals surface area (Å²) in [7, 11) is 0. The Kier molecular flexibility index (Phi) is 7.30. The minimum atomic E-state index is -0.355. The van der Waals surface area contributed by atoms with Gasteiger partial charge in [-0.05, 0) is 32.1 Å². The number of aliphatic hydroxyl groups excluding tert-OH is 1. The number of nitrogens with one attached hydrogen (secondary N) is 2. The van der Waals surface area contributed by atoms with Gasteiger partial charge in [-0.25, -0.2) is 0 Å². The van der Waals surface area contributed by atoms with Crippen LogP contribution < -0.4 is 10.6 Å². The van der Waals surface area contributed by atoms with Gasteiger partial charge in [-0.3, -0.25) is 9.59 Å². The average molecular weight is 326 g/mol. The summed E-state index contributed by atoms with van der Waals surface area (Å²) in [6.07, 6.45) is 7.65. The van der Waals surface area contributed by atoms with Gasteiger partial charge in [-0.2, -0.15) is 0 Å². The topological polar surface area (TPSA) is 87.7 Å². The van der Waals surface area contributed by atoms with Gasteiger partial charge in [-0.15, -0.1) is 0 Å². The Morgan fingerprint density at radius 3 is 2.52 bits per heavy atom. The maximum atomic E-state index is 12.1. The molecule has 1 aliphatic carbocycles. The summed E-state index contributed by atoms with van der Waals surface area (Å²) in [6.45, 7) is 1.99. The SMILES string of the molecule is CC(=O)N[C@H]1CC[C@H](CCNC(=O)C2CCCCC2)O[C@@H]1CO. The van der Waals surface area contributed by atoms with E-state index in [0.29, 0.717) is 6.54 Å². The molecular formula is C17H30N2O4. The fourth-order valence-electron chi connectivity index (χ4n) is 3.64. The molecule has 0 aromatic rings. The van der Waals surface area contributed by atoms with Crippen molar-refractivity contribution in [3.8, 4) is 0 Å². The van der Waals surface area contributed by atoms with Crippen LogP contribution in [0.3, 0.4) is 0 Å². The molecule has 23 heavy (non-hydrogen) atoms. The van der Waals surface area contributed by atoms with E-state index in [0.717, 1.165) is 44.9 Å². The van der Waals surface area contributed by atoms with Crippen molar-refractivity contribution in [3.05, 3.63) is 0 Å². The molecule has 1 saturated carbocycles. The second-order valence-electron chi connectivity index (χ2n) is 6.78. The lowest BCUT2D eigenvalue weighted by molar-refractivity contribution is -0.128. The van der Waals surface area contributed by atoms with Crippen LogP contribution in [0.2, 0.25) is 0 Å². The molecular weight excluding hydrogens is 296 g/mol. The third-order valence-electron chi connectivity index (χ3n) is 4.93. The summed E-state index contributed by atoms with van der Waals surface area (Å²) in [5.41, 5.74) is 0. The van der Waals surface area contributed by atoms with Crippen molar-refractivity contribution in [2.24, 2.45) is 5.92 Å². The largest absolute Gasteiger partial charge is 0.394 e. The highest BCUT2D eigenvalue weighted by molar-refractivity contribution is 5.78. The van der Waals surface area contributed by atoms with E-state index in [4.69, 9.17) is 4.74 Å². The van der Waals surface area contributed by atoms with Crippen LogP contribution in [0.5, 0.6) is 0 Å². The highest BCUT2D eigenvalue weighted by atomic mass is 16.5. The summed E-state index contributed by atoms with van der Waals surface area (Å²) in [5.74, 6) is 0.260. The van der Waals surface area contributed by atoms with Crippen LogP contribution in [0.15, 0.2) is 0 Å².